The van der Waals surface area contributed by atoms with Gasteiger partial charge < -0.3 is 15.1 Å². The van der Waals surface area contributed by atoms with Crippen LogP contribution in [0.4, 0.5) is 15.8 Å². The van der Waals surface area contributed by atoms with E-state index in [1.807, 2.05) is 13.0 Å². The molecule has 3 aromatic rings. The van der Waals surface area contributed by atoms with Gasteiger partial charge in [-0.05, 0) is 62.4 Å². The molecule has 1 fully saturated rings. The van der Waals surface area contributed by atoms with Crippen molar-refractivity contribution >= 4 is 28.2 Å². The van der Waals surface area contributed by atoms with Crippen molar-refractivity contribution in [2.75, 3.05) is 42.9 Å². The Bertz CT molecular complexity index is 1080. The maximum Gasteiger partial charge on any atom is 0.256 e. The third kappa shape index (κ3) is 4.14. The molecule has 4 rings (SSSR count). The first-order valence-corrected chi connectivity index (χ1v) is 10.4. The molecule has 5 nitrogen and oxygen atoms in total. The highest BCUT2D eigenvalue weighted by atomic mass is 19.1. The highest BCUT2D eigenvalue weighted by Gasteiger charge is 2.18. The van der Waals surface area contributed by atoms with E-state index in [-0.39, 0.29) is 11.7 Å². The van der Waals surface area contributed by atoms with Gasteiger partial charge in [0.2, 0.25) is 0 Å². The lowest BCUT2D eigenvalue weighted by molar-refractivity contribution is 0.102. The summed E-state index contributed by atoms with van der Waals surface area (Å²) in [6, 6.07) is 12.2. The summed E-state index contributed by atoms with van der Waals surface area (Å²) in [6.45, 7) is 11.3. The minimum atomic E-state index is -0.363. The maximum atomic E-state index is 13.6. The van der Waals surface area contributed by atoms with Gasteiger partial charge in [0.1, 0.15) is 5.82 Å². The van der Waals surface area contributed by atoms with Crippen LogP contribution in [0.3, 0.4) is 0 Å². The van der Waals surface area contributed by atoms with Gasteiger partial charge in [0.15, 0.2) is 0 Å². The molecule has 0 atom stereocenters. The highest BCUT2D eigenvalue weighted by molar-refractivity contribution is 6.12. The molecule has 1 saturated heterocycles. The predicted octanol–water partition coefficient (Wildman–Crippen LogP) is 4.38. The second kappa shape index (κ2) is 8.40. The summed E-state index contributed by atoms with van der Waals surface area (Å²) in [7, 11) is 0. The van der Waals surface area contributed by atoms with Crippen LogP contribution in [0.5, 0.6) is 0 Å². The molecule has 0 radical (unpaired) electrons. The zero-order valence-electron chi connectivity index (χ0n) is 17.7. The average molecular weight is 407 g/mol. The lowest BCUT2D eigenvalue weighted by atomic mass is 10.1. The molecule has 0 spiro atoms. The fourth-order valence-electron chi connectivity index (χ4n) is 4.02. The van der Waals surface area contributed by atoms with Crippen molar-refractivity contribution in [2.45, 2.75) is 20.8 Å². The van der Waals surface area contributed by atoms with Crippen LogP contribution in [0, 0.1) is 19.7 Å². The molecule has 2 aromatic carbocycles. The fourth-order valence-corrected chi connectivity index (χ4v) is 4.02. The van der Waals surface area contributed by atoms with E-state index in [1.165, 1.54) is 17.8 Å². The Morgan fingerprint density at radius 2 is 1.83 bits per heavy atom. The first kappa shape index (κ1) is 20.3. The van der Waals surface area contributed by atoms with Gasteiger partial charge in [-0.1, -0.05) is 6.92 Å². The summed E-state index contributed by atoms with van der Waals surface area (Å²) in [4.78, 5) is 22.2. The number of hydrogen-bond acceptors (Lipinski definition) is 4. The number of nitrogens with one attached hydrogen (secondary N) is 1. The molecule has 156 valence electrons. The molecule has 0 unspecified atom stereocenters. The number of carbonyl (C=O) groups is 1. The Morgan fingerprint density at radius 3 is 2.53 bits per heavy atom. The SMILES string of the molecule is CCN1CCN(c2ccc(NC(=O)c3cc(C)nc4cc(F)ccc34)c(C)c2)CC1. The molecule has 0 aliphatic carbocycles. The van der Waals surface area contributed by atoms with Gasteiger partial charge in [0.25, 0.3) is 5.91 Å². The van der Waals surface area contributed by atoms with Gasteiger partial charge in [-0.2, -0.15) is 0 Å². The summed E-state index contributed by atoms with van der Waals surface area (Å²) in [5.41, 5.74) is 4.63. The third-order valence-electron chi connectivity index (χ3n) is 5.79. The van der Waals surface area contributed by atoms with Crippen LogP contribution in [-0.4, -0.2) is 48.5 Å². The summed E-state index contributed by atoms with van der Waals surface area (Å²) in [6.07, 6.45) is 0. The van der Waals surface area contributed by atoms with Crippen molar-refractivity contribution in [2.24, 2.45) is 0 Å². The normalized spacial score (nSPS) is 14.9. The minimum absolute atomic E-state index is 0.218. The molecule has 1 aliphatic rings. The number of piperazine rings is 1. The van der Waals surface area contributed by atoms with Crippen LogP contribution < -0.4 is 10.2 Å². The zero-order valence-corrected chi connectivity index (χ0v) is 17.7. The number of carbonyl (C=O) groups excluding carboxylic acids is 1. The summed E-state index contributed by atoms with van der Waals surface area (Å²) >= 11 is 0. The fraction of sp³-hybridized carbons (Fsp3) is 0.333. The molecule has 1 N–H and O–H groups in total. The van der Waals surface area contributed by atoms with Crippen molar-refractivity contribution < 1.29 is 9.18 Å². The lowest BCUT2D eigenvalue weighted by Gasteiger charge is -2.35. The zero-order chi connectivity index (χ0) is 21.3. The minimum Gasteiger partial charge on any atom is -0.369 e. The van der Waals surface area contributed by atoms with Gasteiger partial charge >= 0.3 is 0 Å². The van der Waals surface area contributed by atoms with Crippen molar-refractivity contribution in [3.8, 4) is 0 Å². The average Bonchev–Trinajstić information content (AvgIpc) is 2.74. The number of rotatable bonds is 4. The van der Waals surface area contributed by atoms with Gasteiger partial charge in [0.05, 0.1) is 11.1 Å². The Labute approximate surface area is 176 Å². The number of fused-ring (bicyclic) bond motifs is 1. The Morgan fingerprint density at radius 1 is 1.07 bits per heavy atom. The monoisotopic (exact) mass is 406 g/mol. The Balaban J connectivity index is 1.55. The molecule has 1 aliphatic heterocycles. The van der Waals surface area contributed by atoms with Gasteiger partial charge in [-0.25, -0.2) is 4.39 Å². The molecule has 30 heavy (non-hydrogen) atoms. The number of hydrogen-bond donors (Lipinski definition) is 1. The number of amides is 1. The molecule has 0 saturated carbocycles. The van der Waals surface area contributed by atoms with Crippen LogP contribution in [-0.2, 0) is 0 Å². The van der Waals surface area contributed by atoms with Crippen molar-refractivity contribution in [1.82, 2.24) is 9.88 Å². The van der Waals surface area contributed by atoms with Crippen molar-refractivity contribution in [3.63, 3.8) is 0 Å². The molecule has 1 aromatic heterocycles. The first-order valence-electron chi connectivity index (χ1n) is 10.4. The number of aryl methyl sites for hydroxylation is 2. The molecule has 0 bridgehead atoms. The van der Waals surface area contributed by atoms with E-state index < -0.39 is 0 Å². The van der Waals surface area contributed by atoms with Gasteiger partial charge in [-0.3, -0.25) is 9.78 Å². The quantitative estimate of drug-likeness (QED) is 0.698. The van der Waals surface area contributed by atoms with Crippen molar-refractivity contribution in [3.05, 3.63) is 65.1 Å². The molecule has 6 heteroatoms. The van der Waals surface area contributed by atoms with Crippen LogP contribution in [0.25, 0.3) is 10.9 Å². The summed E-state index contributed by atoms with van der Waals surface area (Å²) in [5, 5.41) is 3.66. The Hall–Kier alpha value is -2.99. The van der Waals surface area contributed by atoms with E-state index >= 15 is 0 Å². The molecular weight excluding hydrogens is 379 g/mol. The molecule has 1 amide bonds. The molecule has 2 heterocycles. The maximum absolute atomic E-state index is 13.6. The van der Waals surface area contributed by atoms with Gasteiger partial charge in [-0.15, -0.1) is 0 Å². The van der Waals surface area contributed by atoms with Crippen LogP contribution in [0.2, 0.25) is 0 Å². The lowest BCUT2D eigenvalue weighted by Crippen LogP contribution is -2.46. The number of pyridine rings is 1. The smallest absolute Gasteiger partial charge is 0.256 e. The topological polar surface area (TPSA) is 48.5 Å². The number of likely N-dealkylation sites (N-methyl/N-ethyl adjacent to an activating group) is 1. The number of aromatic nitrogens is 1. The van der Waals surface area contributed by atoms with Crippen molar-refractivity contribution in [1.29, 1.82) is 0 Å². The molecular formula is C24H27FN4O. The van der Waals surface area contributed by atoms with Crippen LogP contribution in [0.15, 0.2) is 42.5 Å². The highest BCUT2D eigenvalue weighted by Crippen LogP contribution is 2.26. The van der Waals surface area contributed by atoms with E-state index in [1.54, 1.807) is 19.1 Å². The largest absolute Gasteiger partial charge is 0.369 e. The van der Waals surface area contributed by atoms with Crippen LogP contribution >= 0.6 is 0 Å². The number of anilines is 2. The number of benzene rings is 2. The van der Waals surface area contributed by atoms with E-state index in [2.05, 4.69) is 39.2 Å². The van der Waals surface area contributed by atoms with E-state index in [9.17, 15) is 9.18 Å². The summed E-state index contributed by atoms with van der Waals surface area (Å²) < 4.78 is 13.6. The van der Waals surface area contributed by atoms with Gasteiger partial charge in [0, 0.05) is 54.7 Å². The second-order valence-corrected chi connectivity index (χ2v) is 7.85. The third-order valence-corrected chi connectivity index (χ3v) is 5.79. The predicted molar refractivity (Wildman–Crippen MR) is 120 cm³/mol. The van der Waals surface area contributed by atoms with Crippen LogP contribution in [0.1, 0.15) is 28.5 Å². The number of nitrogens with zero attached hydrogens (tertiary/aromatic N) is 3. The first-order chi connectivity index (χ1) is 14.4. The number of halogens is 1. The summed E-state index contributed by atoms with van der Waals surface area (Å²) in [5.74, 6) is -0.581. The van der Waals surface area contributed by atoms with E-state index in [0.29, 0.717) is 22.2 Å². The second-order valence-electron chi connectivity index (χ2n) is 7.85. The standard InChI is InChI=1S/C24H27FN4O/c1-4-28-9-11-29(12-10-28)19-6-8-22(16(2)13-19)27-24(30)21-14-17(3)26-23-15-18(25)5-7-20(21)23/h5-8,13-15H,4,9-12H2,1-3H3,(H,27,30). The van der Waals surface area contributed by atoms with E-state index in [0.717, 1.165) is 44.0 Å². The van der Waals surface area contributed by atoms with E-state index in [4.69, 9.17) is 0 Å². The Kier molecular flexibility index (Phi) is 5.68.